The topological polar surface area (TPSA) is 90.0 Å². The van der Waals surface area contributed by atoms with E-state index in [1.165, 1.54) is 32.6 Å². The molecule has 2 aromatic rings. The van der Waals surface area contributed by atoms with Crippen molar-refractivity contribution in [3.63, 3.8) is 0 Å². The third-order valence-corrected chi connectivity index (χ3v) is 5.67. The summed E-state index contributed by atoms with van der Waals surface area (Å²) in [5.74, 6) is -1.03. The first kappa shape index (κ1) is 22.5. The van der Waals surface area contributed by atoms with E-state index in [0.717, 1.165) is 28.5 Å². The van der Waals surface area contributed by atoms with Crippen molar-refractivity contribution in [1.29, 1.82) is 0 Å². The summed E-state index contributed by atoms with van der Waals surface area (Å²) < 4.78 is 0. The molecule has 3 rings (SSSR count). The van der Waals surface area contributed by atoms with Gasteiger partial charge in [-0.25, -0.2) is 0 Å². The summed E-state index contributed by atoms with van der Waals surface area (Å²) >= 11 is 0. The van der Waals surface area contributed by atoms with Gasteiger partial charge in [0.1, 0.15) is 6.61 Å². The molecule has 0 aromatic heterocycles. The van der Waals surface area contributed by atoms with Gasteiger partial charge in [0.2, 0.25) is 5.91 Å². The average molecular weight is 424 g/mol. The lowest BCUT2D eigenvalue weighted by atomic mass is 10.0. The summed E-state index contributed by atoms with van der Waals surface area (Å²) in [4.78, 5) is 40.1. The predicted octanol–water partition coefficient (Wildman–Crippen LogP) is 1.95. The summed E-state index contributed by atoms with van der Waals surface area (Å²) in [5, 5.41) is 11.5. The van der Waals surface area contributed by atoms with Crippen LogP contribution in [0.1, 0.15) is 23.2 Å². The van der Waals surface area contributed by atoms with Crippen LogP contribution in [-0.2, 0) is 9.59 Å². The molecule has 164 valence electrons. The smallest absolute Gasteiger partial charge is 0.254 e. The van der Waals surface area contributed by atoms with Crippen LogP contribution in [0.25, 0.3) is 11.1 Å². The van der Waals surface area contributed by atoms with Gasteiger partial charge in [-0.15, -0.1) is 0 Å². The number of hydrogen-bond donors (Lipinski definition) is 2. The Balaban J connectivity index is 1.72. The van der Waals surface area contributed by atoms with E-state index >= 15 is 0 Å². The lowest BCUT2D eigenvalue weighted by molar-refractivity contribution is -0.135. The number of carbonyl (C=O) groups is 3. The normalized spacial score (nSPS) is 13.9. The first-order valence-corrected chi connectivity index (χ1v) is 10.4. The highest BCUT2D eigenvalue weighted by atomic mass is 16.3. The van der Waals surface area contributed by atoms with E-state index in [0.29, 0.717) is 5.56 Å². The number of benzene rings is 2. The molecule has 1 saturated carbocycles. The minimum atomic E-state index is -1.37. The second-order valence-electron chi connectivity index (χ2n) is 8.01. The number of anilines is 1. The van der Waals surface area contributed by atoms with Crippen LogP contribution in [0.2, 0.25) is 0 Å². The van der Waals surface area contributed by atoms with Crippen molar-refractivity contribution in [3.8, 4) is 11.1 Å². The third-order valence-electron chi connectivity index (χ3n) is 5.67. The number of Topliss-reactive ketones (excluding diaryl/α,β-unsaturated/α-hetero) is 1. The average Bonchev–Trinajstić information content (AvgIpc) is 3.62. The lowest BCUT2D eigenvalue weighted by Crippen LogP contribution is -2.52. The molecule has 0 spiro atoms. The molecule has 31 heavy (non-hydrogen) atoms. The van der Waals surface area contributed by atoms with E-state index < -0.39 is 30.2 Å². The van der Waals surface area contributed by atoms with Crippen molar-refractivity contribution in [2.24, 2.45) is 5.92 Å². The number of nitrogens with one attached hydrogen (secondary N) is 1. The van der Waals surface area contributed by atoms with E-state index in [-0.39, 0.29) is 0 Å². The Morgan fingerprint density at radius 1 is 1.00 bits per heavy atom. The minimum absolute atomic E-state index is 0.353. The van der Waals surface area contributed by atoms with Crippen molar-refractivity contribution in [1.82, 2.24) is 10.2 Å². The van der Waals surface area contributed by atoms with Crippen LogP contribution >= 0.6 is 0 Å². The monoisotopic (exact) mass is 423 g/mol. The number of likely N-dealkylation sites (N-methyl/N-ethyl adjacent to an activating group) is 2. The molecule has 0 heterocycles. The number of carbonyl (C=O) groups excluding carboxylic acids is 3. The molecule has 2 amide bonds. The molecular weight excluding hydrogens is 394 g/mol. The Morgan fingerprint density at radius 2 is 1.55 bits per heavy atom. The number of amides is 2. The first-order valence-electron chi connectivity index (χ1n) is 10.4. The van der Waals surface area contributed by atoms with Gasteiger partial charge in [0, 0.05) is 38.9 Å². The maximum absolute atomic E-state index is 12.8. The number of aliphatic hydroxyl groups is 1. The van der Waals surface area contributed by atoms with E-state index in [2.05, 4.69) is 41.5 Å². The van der Waals surface area contributed by atoms with Gasteiger partial charge in [0.25, 0.3) is 5.91 Å². The summed E-state index contributed by atoms with van der Waals surface area (Å²) in [7, 11) is 4.86. The molecule has 0 saturated heterocycles. The van der Waals surface area contributed by atoms with Crippen molar-refractivity contribution >= 4 is 23.3 Å². The van der Waals surface area contributed by atoms with Crippen LogP contribution in [0.3, 0.4) is 0 Å². The third kappa shape index (κ3) is 5.30. The maximum atomic E-state index is 12.8. The van der Waals surface area contributed by atoms with Crippen LogP contribution in [0.5, 0.6) is 0 Å². The second-order valence-corrected chi connectivity index (χ2v) is 8.01. The van der Waals surface area contributed by atoms with Gasteiger partial charge in [-0.3, -0.25) is 14.4 Å². The Morgan fingerprint density at radius 3 is 2.03 bits per heavy atom. The first-order chi connectivity index (χ1) is 14.8. The number of ketones is 1. The van der Waals surface area contributed by atoms with Crippen LogP contribution in [-0.4, -0.2) is 67.9 Å². The number of aliphatic hydroxyl groups excluding tert-OH is 1. The molecule has 1 aliphatic rings. The lowest BCUT2D eigenvalue weighted by Gasteiger charge is -2.25. The van der Waals surface area contributed by atoms with E-state index in [1.807, 2.05) is 12.1 Å². The largest absolute Gasteiger partial charge is 0.388 e. The van der Waals surface area contributed by atoms with Gasteiger partial charge in [0.15, 0.2) is 11.8 Å². The van der Waals surface area contributed by atoms with Gasteiger partial charge < -0.3 is 20.2 Å². The van der Waals surface area contributed by atoms with Gasteiger partial charge >= 0.3 is 0 Å². The molecule has 0 aliphatic heterocycles. The SMILES string of the molecule is CNC(=O)C(C(=O)CO)N(C)C(=O)c1ccc(-c2ccc(N(C)CC3CC3)cc2)cc1. The molecular formula is C24H29N3O4. The van der Waals surface area contributed by atoms with Crippen LogP contribution in [0.15, 0.2) is 48.5 Å². The zero-order valence-corrected chi connectivity index (χ0v) is 18.2. The van der Waals surface area contributed by atoms with Crippen LogP contribution in [0, 0.1) is 5.92 Å². The molecule has 1 fully saturated rings. The van der Waals surface area contributed by atoms with Gasteiger partial charge in [-0.1, -0.05) is 24.3 Å². The van der Waals surface area contributed by atoms with Crippen molar-refractivity contribution in [2.45, 2.75) is 18.9 Å². The van der Waals surface area contributed by atoms with Crippen LogP contribution in [0.4, 0.5) is 5.69 Å². The molecule has 2 N–H and O–H groups in total. The highest BCUT2D eigenvalue weighted by Gasteiger charge is 2.32. The molecule has 0 radical (unpaired) electrons. The Labute approximate surface area is 182 Å². The predicted molar refractivity (Wildman–Crippen MR) is 120 cm³/mol. The zero-order chi connectivity index (χ0) is 22.5. The van der Waals surface area contributed by atoms with E-state index in [1.54, 1.807) is 12.1 Å². The van der Waals surface area contributed by atoms with Crippen molar-refractivity contribution in [2.75, 3.05) is 39.2 Å². The fourth-order valence-corrected chi connectivity index (χ4v) is 3.59. The Hall–Kier alpha value is -3.19. The molecule has 2 aromatic carbocycles. The Kier molecular flexibility index (Phi) is 7.07. The fourth-order valence-electron chi connectivity index (χ4n) is 3.59. The summed E-state index contributed by atoms with van der Waals surface area (Å²) in [5.41, 5.74) is 3.53. The van der Waals surface area contributed by atoms with Crippen LogP contribution < -0.4 is 10.2 Å². The molecule has 1 aliphatic carbocycles. The number of hydrogen-bond acceptors (Lipinski definition) is 5. The molecule has 7 heteroatoms. The Bertz CT molecular complexity index is 920. The van der Waals surface area contributed by atoms with Gasteiger partial charge in [-0.05, 0) is 54.2 Å². The van der Waals surface area contributed by atoms with Gasteiger partial charge in [-0.2, -0.15) is 0 Å². The summed E-state index contributed by atoms with van der Waals surface area (Å²) in [6, 6.07) is 14.0. The van der Waals surface area contributed by atoms with Crippen molar-refractivity contribution < 1.29 is 19.5 Å². The highest BCUT2D eigenvalue weighted by molar-refractivity contribution is 6.10. The summed E-state index contributed by atoms with van der Waals surface area (Å²) in [6.07, 6.45) is 2.64. The standard InChI is InChI=1S/C24H29N3O4/c1-25-23(30)22(21(29)15-28)27(3)24(31)19-8-6-17(7-9-19)18-10-12-20(13-11-18)26(2)14-16-4-5-16/h6-13,16,22,28H,4-5,14-15H2,1-3H3,(H,25,30). The molecule has 1 unspecified atom stereocenters. The molecule has 0 bridgehead atoms. The fraction of sp³-hybridized carbons (Fsp3) is 0.375. The summed E-state index contributed by atoms with van der Waals surface area (Å²) in [6.45, 7) is 0.264. The quantitative estimate of drug-likeness (QED) is 0.602. The molecule has 7 nitrogen and oxygen atoms in total. The van der Waals surface area contributed by atoms with Crippen molar-refractivity contribution in [3.05, 3.63) is 54.1 Å². The maximum Gasteiger partial charge on any atom is 0.254 e. The van der Waals surface area contributed by atoms with E-state index in [9.17, 15) is 14.4 Å². The number of nitrogens with zero attached hydrogens (tertiary/aromatic N) is 2. The second kappa shape index (κ2) is 9.75. The minimum Gasteiger partial charge on any atom is -0.388 e. The highest BCUT2D eigenvalue weighted by Crippen LogP contribution is 2.31. The zero-order valence-electron chi connectivity index (χ0n) is 18.2. The number of rotatable bonds is 9. The van der Waals surface area contributed by atoms with E-state index in [4.69, 9.17) is 5.11 Å². The van der Waals surface area contributed by atoms with Gasteiger partial charge in [0.05, 0.1) is 0 Å². The molecule has 1 atom stereocenters.